The van der Waals surface area contributed by atoms with Crippen LogP contribution in [0.15, 0.2) is 42.5 Å². The van der Waals surface area contributed by atoms with Crippen molar-refractivity contribution in [3.05, 3.63) is 48.0 Å². The highest BCUT2D eigenvalue weighted by Gasteiger charge is 2.41. The average Bonchev–Trinajstić information content (AvgIpc) is 2.48. The summed E-state index contributed by atoms with van der Waals surface area (Å²) < 4.78 is 43.5. The topological polar surface area (TPSA) is 55.4 Å². The van der Waals surface area contributed by atoms with E-state index in [1.54, 1.807) is 6.07 Å². The summed E-state index contributed by atoms with van der Waals surface area (Å²) in [6.07, 6.45) is -2.84. The predicted octanol–water partition coefficient (Wildman–Crippen LogP) is 2.57. The van der Waals surface area contributed by atoms with Crippen LogP contribution in [0.25, 0.3) is 0 Å². The van der Waals surface area contributed by atoms with E-state index < -0.39 is 30.4 Å². The molecule has 0 radical (unpaired) electrons. The zero-order valence-corrected chi connectivity index (χ0v) is 11.9. The Kier molecular flexibility index (Phi) is 6.62. The number of ether oxygens (including phenoxy) is 1. The molecule has 0 heterocycles. The van der Waals surface area contributed by atoms with Gasteiger partial charge in [-0.3, -0.25) is 4.79 Å². The van der Waals surface area contributed by atoms with Crippen LogP contribution in [0.4, 0.5) is 13.2 Å². The minimum Gasteiger partial charge on any atom is -0.466 e. The second-order valence-electron chi connectivity index (χ2n) is 4.44. The fourth-order valence-electron chi connectivity index (χ4n) is 1.76. The number of halogens is 3. The largest absolute Gasteiger partial charge is 0.466 e. The van der Waals surface area contributed by atoms with Gasteiger partial charge in [-0.15, -0.1) is 0 Å². The first kappa shape index (κ1) is 17.7. The van der Waals surface area contributed by atoms with Gasteiger partial charge in [0.2, 0.25) is 5.91 Å². The Morgan fingerprint density at radius 2 is 1.91 bits per heavy atom. The van der Waals surface area contributed by atoms with Gasteiger partial charge in [-0.1, -0.05) is 36.4 Å². The van der Waals surface area contributed by atoms with Crippen molar-refractivity contribution in [1.82, 2.24) is 5.32 Å². The molecule has 0 aliphatic heterocycles. The van der Waals surface area contributed by atoms with Crippen molar-refractivity contribution in [2.75, 3.05) is 13.7 Å². The fourth-order valence-corrected chi connectivity index (χ4v) is 1.76. The molecule has 1 amide bonds. The highest BCUT2D eigenvalue weighted by molar-refractivity contribution is 5.82. The zero-order valence-electron chi connectivity index (χ0n) is 11.9. The number of benzene rings is 1. The molecule has 4 nitrogen and oxygen atoms in total. The van der Waals surface area contributed by atoms with E-state index in [9.17, 15) is 22.8 Å². The van der Waals surface area contributed by atoms with E-state index in [1.807, 2.05) is 0 Å². The highest BCUT2D eigenvalue weighted by Crippen LogP contribution is 2.37. The lowest BCUT2D eigenvalue weighted by atomic mass is 9.95. The van der Waals surface area contributed by atoms with Crippen molar-refractivity contribution < 1.29 is 27.5 Å². The normalized spacial score (nSPS) is 12.9. The Bertz CT molecular complexity index is 527. The fraction of sp³-hybridized carbons (Fsp3) is 0.333. The van der Waals surface area contributed by atoms with Gasteiger partial charge in [-0.25, -0.2) is 4.79 Å². The van der Waals surface area contributed by atoms with E-state index in [0.717, 1.165) is 6.08 Å². The monoisotopic (exact) mass is 315 g/mol. The van der Waals surface area contributed by atoms with Crippen molar-refractivity contribution in [1.29, 1.82) is 0 Å². The van der Waals surface area contributed by atoms with Crippen LogP contribution >= 0.6 is 0 Å². The molecule has 0 saturated heterocycles. The number of rotatable bonds is 6. The number of esters is 1. The molecule has 0 aliphatic carbocycles. The first-order valence-corrected chi connectivity index (χ1v) is 6.47. The first-order chi connectivity index (χ1) is 10.3. The lowest BCUT2D eigenvalue weighted by molar-refractivity contribution is -0.157. The summed E-state index contributed by atoms with van der Waals surface area (Å²) >= 11 is 0. The molecule has 1 aromatic rings. The number of carbonyl (C=O) groups is 2. The van der Waals surface area contributed by atoms with E-state index in [1.165, 1.54) is 37.5 Å². The Balaban J connectivity index is 2.62. The van der Waals surface area contributed by atoms with Crippen molar-refractivity contribution >= 4 is 11.9 Å². The molecule has 1 rings (SSSR count). The number of carbonyl (C=O) groups excluding carboxylic acids is 2. The van der Waals surface area contributed by atoms with Crippen LogP contribution in [0.1, 0.15) is 17.9 Å². The summed E-state index contributed by atoms with van der Waals surface area (Å²) in [6.45, 7) is -0.0483. The average molecular weight is 315 g/mol. The molecule has 0 fully saturated rings. The van der Waals surface area contributed by atoms with E-state index in [2.05, 4.69) is 10.1 Å². The van der Waals surface area contributed by atoms with Gasteiger partial charge in [-0.05, 0) is 5.56 Å². The second-order valence-corrected chi connectivity index (χ2v) is 4.44. The maximum Gasteiger partial charge on any atom is 0.396 e. The van der Waals surface area contributed by atoms with Crippen LogP contribution in [0.3, 0.4) is 0 Å². The van der Waals surface area contributed by atoms with Crippen molar-refractivity contribution in [2.24, 2.45) is 0 Å². The van der Waals surface area contributed by atoms with Gasteiger partial charge >= 0.3 is 12.1 Å². The van der Waals surface area contributed by atoms with E-state index in [0.29, 0.717) is 0 Å². The molecule has 1 unspecified atom stereocenters. The van der Waals surface area contributed by atoms with Crippen LogP contribution in [0.5, 0.6) is 0 Å². The van der Waals surface area contributed by atoms with E-state index >= 15 is 0 Å². The number of methoxy groups -OCH3 is 1. The van der Waals surface area contributed by atoms with Crippen LogP contribution in [-0.4, -0.2) is 31.7 Å². The van der Waals surface area contributed by atoms with Gasteiger partial charge in [0.15, 0.2) is 0 Å². The van der Waals surface area contributed by atoms with Crippen molar-refractivity contribution in [3.63, 3.8) is 0 Å². The Labute approximate surface area is 126 Å². The summed E-state index contributed by atoms with van der Waals surface area (Å²) in [5, 5.41) is 2.30. The smallest absolute Gasteiger partial charge is 0.396 e. The van der Waals surface area contributed by atoms with E-state index in [4.69, 9.17) is 0 Å². The van der Waals surface area contributed by atoms with Gasteiger partial charge in [0.05, 0.1) is 13.0 Å². The van der Waals surface area contributed by atoms with E-state index in [-0.39, 0.29) is 12.1 Å². The SMILES string of the molecule is COC(=O)/C=C/CNC(=O)CC(c1ccccc1)C(F)(F)F. The quantitative estimate of drug-likeness (QED) is 0.648. The van der Waals surface area contributed by atoms with Gasteiger partial charge in [0, 0.05) is 19.0 Å². The maximum atomic E-state index is 13.1. The molecule has 0 aromatic heterocycles. The molecule has 0 saturated carbocycles. The summed E-state index contributed by atoms with van der Waals surface area (Å²) in [5.74, 6) is -3.22. The number of hydrogen-bond acceptors (Lipinski definition) is 3. The van der Waals surface area contributed by atoms with Crippen LogP contribution < -0.4 is 5.32 Å². The number of nitrogens with one attached hydrogen (secondary N) is 1. The molecule has 22 heavy (non-hydrogen) atoms. The van der Waals surface area contributed by atoms with Crippen molar-refractivity contribution in [2.45, 2.75) is 18.5 Å². The van der Waals surface area contributed by atoms with Crippen LogP contribution in [0, 0.1) is 0 Å². The van der Waals surface area contributed by atoms with Gasteiger partial charge in [0.1, 0.15) is 0 Å². The number of amides is 1. The first-order valence-electron chi connectivity index (χ1n) is 6.47. The third kappa shape index (κ3) is 5.99. The highest BCUT2D eigenvalue weighted by atomic mass is 19.4. The van der Waals surface area contributed by atoms with Gasteiger partial charge < -0.3 is 10.1 Å². The van der Waals surface area contributed by atoms with Crippen LogP contribution in [0.2, 0.25) is 0 Å². The Hall–Kier alpha value is -2.31. The number of hydrogen-bond donors (Lipinski definition) is 1. The molecule has 1 atom stereocenters. The summed E-state index contributed by atoms with van der Waals surface area (Å²) in [4.78, 5) is 22.4. The molecule has 0 spiro atoms. The lowest BCUT2D eigenvalue weighted by Crippen LogP contribution is -2.30. The standard InChI is InChI=1S/C15H16F3NO3/c1-22-14(21)8-5-9-19-13(20)10-12(15(16,17)18)11-6-3-2-4-7-11/h2-8,12H,9-10H2,1H3,(H,19,20)/b8-5+. The molecule has 120 valence electrons. The second kappa shape index (κ2) is 8.21. The number of alkyl halides is 3. The maximum absolute atomic E-state index is 13.1. The Morgan fingerprint density at radius 1 is 1.27 bits per heavy atom. The summed E-state index contributed by atoms with van der Waals surface area (Å²) in [7, 11) is 1.19. The predicted molar refractivity (Wildman–Crippen MR) is 74.0 cm³/mol. The minimum atomic E-state index is -4.51. The Morgan fingerprint density at radius 3 is 2.45 bits per heavy atom. The zero-order chi connectivity index (χ0) is 16.6. The van der Waals surface area contributed by atoms with Gasteiger partial charge in [0.25, 0.3) is 0 Å². The minimum absolute atomic E-state index is 0.0373. The summed E-state index contributed by atoms with van der Waals surface area (Å²) in [5.41, 5.74) is 0.0373. The van der Waals surface area contributed by atoms with Gasteiger partial charge in [-0.2, -0.15) is 13.2 Å². The van der Waals surface area contributed by atoms with Crippen LogP contribution in [-0.2, 0) is 14.3 Å². The molecule has 0 aliphatic rings. The molecule has 1 aromatic carbocycles. The third-order valence-corrected chi connectivity index (χ3v) is 2.86. The molecular weight excluding hydrogens is 299 g/mol. The molecular formula is C15H16F3NO3. The third-order valence-electron chi connectivity index (χ3n) is 2.86. The summed E-state index contributed by atoms with van der Waals surface area (Å²) in [6, 6.07) is 7.26. The van der Waals surface area contributed by atoms with Crippen molar-refractivity contribution in [3.8, 4) is 0 Å². The lowest BCUT2D eigenvalue weighted by Gasteiger charge is -2.20. The molecule has 7 heteroatoms. The molecule has 0 bridgehead atoms. The molecule has 1 N–H and O–H groups in total.